The van der Waals surface area contributed by atoms with Crippen molar-refractivity contribution in [2.75, 3.05) is 109 Å². The van der Waals surface area contributed by atoms with E-state index in [4.69, 9.17) is 99.0 Å². The molecular formula is C96H152N8O16. The Balaban J connectivity index is 0.000000206. The number of fused-ring (bicyclic) bond motifs is 12. The summed E-state index contributed by atoms with van der Waals surface area (Å²) in [6.45, 7) is 36.0. The second-order valence-corrected chi connectivity index (χ2v) is 36.4. The molecular weight excluding hydrogens is 1520 g/mol. The molecule has 0 radical (unpaired) electrons. The van der Waals surface area contributed by atoms with Gasteiger partial charge >= 0.3 is 23.9 Å². The van der Waals surface area contributed by atoms with Crippen molar-refractivity contribution < 1.29 is 101 Å². The van der Waals surface area contributed by atoms with E-state index < -0.39 is 111 Å². The van der Waals surface area contributed by atoms with Crippen molar-refractivity contribution in [3.63, 3.8) is 0 Å². The van der Waals surface area contributed by atoms with Crippen LogP contribution in [0.25, 0.3) is 0 Å². The zero-order valence-electron chi connectivity index (χ0n) is 93.3. The van der Waals surface area contributed by atoms with Crippen LogP contribution in [0, 0.1) is 71.0 Å². The van der Waals surface area contributed by atoms with Crippen LogP contribution in [0.1, 0.15) is 255 Å². The predicted molar refractivity (Wildman–Crippen MR) is 471 cm³/mol. The zero-order valence-corrected chi connectivity index (χ0v) is 75.3. The first kappa shape index (κ1) is 73.2. The SMILES string of the molecule is [2H]c1c2c(c([2H])c(OC)c1OC([2H])([2H])[2H])C1([2H])CC(OC(=O)[C@@H](N)C(C)C)C(CC(C)C)CN1CC2.[2H]c1c2c(c([2H])c(OC)c1OC([2H])([2H])[2H])C1([2H])CC(OC(=O)[C@@H](N)C(C)C)C(CC(C)C)CN1CC2.[2H]c1c2c(c([2H])c(OC)c1OC)C1([2H])CC(OC(=O)[C@@H](N)C(C)C)C(CC(C)C)CN1CC2.[2H]c1c2c(c([2H])c(OC)c1OC)C1([2H])CC(OC(=O)[C@@H](N)C(C)C)C(CC(C)C)CN1CC2. The van der Waals surface area contributed by atoms with Gasteiger partial charge in [-0.3, -0.25) is 38.8 Å². The highest BCUT2D eigenvalue weighted by Crippen LogP contribution is 2.50. The third kappa shape index (κ3) is 23.8. The minimum absolute atomic E-state index is 0.0157. The van der Waals surface area contributed by atoms with Crippen LogP contribution in [-0.4, -0.2) is 201 Å². The summed E-state index contributed by atoms with van der Waals surface area (Å²) < 4.78 is 219. The Morgan fingerprint density at radius 1 is 0.333 bits per heavy atom. The van der Waals surface area contributed by atoms with Crippen molar-refractivity contribution in [3.05, 3.63) is 92.8 Å². The molecule has 120 heavy (non-hydrogen) atoms. The molecule has 0 aliphatic carbocycles. The molecule has 4 fully saturated rings. The van der Waals surface area contributed by atoms with E-state index in [1.807, 2.05) is 65.2 Å². The lowest BCUT2D eigenvalue weighted by atomic mass is 9.79. The number of hydrogen-bond donors (Lipinski definition) is 4. The van der Waals surface area contributed by atoms with Crippen molar-refractivity contribution in [2.45, 2.75) is 260 Å². The summed E-state index contributed by atoms with van der Waals surface area (Å²) in [4.78, 5) is 59.2. The van der Waals surface area contributed by atoms with E-state index in [1.54, 1.807) is 0 Å². The largest absolute Gasteiger partial charge is 0.493 e. The van der Waals surface area contributed by atoms with Gasteiger partial charge in [-0.2, -0.15) is 0 Å². The predicted octanol–water partition coefficient (Wildman–Crippen LogP) is 14.3. The zero-order chi connectivity index (χ0) is 104. The first-order valence-corrected chi connectivity index (χ1v) is 43.2. The molecule has 0 saturated carbocycles. The number of nitrogens with zero attached hydrogens (tertiary/aromatic N) is 4. The highest BCUT2D eigenvalue weighted by atomic mass is 16.6. The fourth-order valence-electron chi connectivity index (χ4n) is 17.5. The van der Waals surface area contributed by atoms with E-state index in [0.29, 0.717) is 135 Å². The number of rotatable bonds is 28. The number of carbonyl (C=O) groups excluding carboxylic acids is 4. The Morgan fingerprint density at radius 2 is 0.517 bits per heavy atom. The maximum atomic E-state index is 12.8. The number of benzene rings is 4. The van der Waals surface area contributed by atoms with Crippen LogP contribution < -0.4 is 60.8 Å². The Bertz CT molecular complexity index is 4660. The van der Waals surface area contributed by atoms with Crippen molar-refractivity contribution in [3.8, 4) is 46.0 Å². The Kier molecular flexibility index (Phi) is 26.8. The van der Waals surface area contributed by atoms with Crippen LogP contribution in [0.3, 0.4) is 0 Å². The van der Waals surface area contributed by atoms with E-state index in [2.05, 4.69) is 65.2 Å². The third-order valence-electron chi connectivity index (χ3n) is 24.3. The van der Waals surface area contributed by atoms with E-state index in [0.717, 1.165) is 25.7 Å². The Hall–Kier alpha value is -7.16. The molecule has 4 aromatic rings. The monoisotopic (exact) mass is 1690 g/mol. The van der Waals surface area contributed by atoms with Crippen LogP contribution >= 0.6 is 0 Å². The fourth-order valence-corrected chi connectivity index (χ4v) is 17.5. The van der Waals surface area contributed by atoms with Crippen LogP contribution in [0.5, 0.6) is 46.0 Å². The van der Waals surface area contributed by atoms with Crippen LogP contribution in [0.15, 0.2) is 48.3 Å². The molecule has 8 aliphatic heterocycles. The molecule has 8 heterocycles. The molecule has 0 aromatic heterocycles. The molecule has 0 bridgehead atoms. The maximum absolute atomic E-state index is 12.8. The molecule has 672 valence electrons. The third-order valence-corrected chi connectivity index (χ3v) is 24.3. The lowest BCUT2D eigenvalue weighted by Gasteiger charge is -2.47. The van der Waals surface area contributed by atoms with Crippen molar-refractivity contribution in [1.29, 1.82) is 0 Å². The Morgan fingerprint density at radius 3 is 0.683 bits per heavy atom. The molecule has 8 aliphatic rings. The molecule has 4 saturated heterocycles. The summed E-state index contributed by atoms with van der Waals surface area (Å²) in [7, 11) is 2.70. The first-order valence-electron chi connectivity index (χ1n) is 52.2. The molecule has 12 unspecified atom stereocenters. The number of esters is 4. The van der Waals surface area contributed by atoms with Gasteiger partial charge in [-0.1, -0.05) is 111 Å². The molecule has 24 nitrogen and oxygen atoms in total. The summed E-state index contributed by atoms with van der Waals surface area (Å²) in [5.74, 6) is -0.892. The number of hydrogen-bond acceptors (Lipinski definition) is 24. The second kappa shape index (κ2) is 43.9. The average Bonchev–Trinajstić information content (AvgIpc) is 0.727. The van der Waals surface area contributed by atoms with Gasteiger partial charge in [0.05, 0.1) is 81.4 Å². The molecule has 12 rings (SSSR count). The van der Waals surface area contributed by atoms with Gasteiger partial charge in [0, 0.05) is 126 Å². The second-order valence-electron chi connectivity index (χ2n) is 36.4. The van der Waals surface area contributed by atoms with Crippen LogP contribution in [0.4, 0.5) is 0 Å². The number of nitrogens with two attached hydrogens (primary N) is 4. The van der Waals surface area contributed by atoms with Crippen molar-refractivity contribution >= 4 is 23.9 Å². The summed E-state index contributed by atoms with van der Waals surface area (Å²) in [6, 6.07) is -8.88. The summed E-state index contributed by atoms with van der Waals surface area (Å²) in [5, 5.41) is 0. The van der Waals surface area contributed by atoms with E-state index in [-0.39, 0.29) is 178 Å². The van der Waals surface area contributed by atoms with Gasteiger partial charge in [0.25, 0.3) is 0 Å². The standard InChI is InChI=1S/4C24H38N2O4/c4*1-14(2)9-17-13-26-8-7-16-10-21(28-5)22(29-6)11-18(16)19(26)12-20(17)30-24(27)23(25)15(3)4/h4*10-11,14-15,17,19-20,23H,7-9,12-13,25H2,1-6H3/t4*17?,19?,20?,23-/m0000/s1/i2*5D3,10D,11D,19D;2*10D,11D,19D. The van der Waals surface area contributed by atoms with E-state index in [9.17, 15) is 24.7 Å². The summed E-state index contributed by atoms with van der Waals surface area (Å²) >= 11 is 0. The smallest absolute Gasteiger partial charge is 0.323 e. The molecule has 8 N–H and O–H groups in total. The maximum Gasteiger partial charge on any atom is 0.323 e. The van der Waals surface area contributed by atoms with Gasteiger partial charge in [-0.05, 0) is 192 Å². The highest BCUT2D eigenvalue weighted by Gasteiger charge is 2.47. The molecule has 0 spiro atoms. The number of carbonyl (C=O) groups is 4. The molecule has 4 aromatic carbocycles. The fraction of sp³-hybridized carbons (Fsp3) is 0.708. The topological polar surface area (TPSA) is 296 Å². The van der Waals surface area contributed by atoms with Crippen molar-refractivity contribution in [2.24, 2.45) is 93.9 Å². The first-order chi connectivity index (χ1) is 64.1. The number of ether oxygens (including phenoxy) is 12. The van der Waals surface area contributed by atoms with Gasteiger partial charge < -0.3 is 79.8 Å². The van der Waals surface area contributed by atoms with Gasteiger partial charge in [-0.25, -0.2) is 0 Å². The van der Waals surface area contributed by atoms with Gasteiger partial charge in [0.15, 0.2) is 46.0 Å². The van der Waals surface area contributed by atoms with Gasteiger partial charge in [0.2, 0.25) is 0 Å². The quantitative estimate of drug-likeness (QED) is 0.0303. The summed E-state index contributed by atoms with van der Waals surface area (Å²) in [5.41, 5.74) is 27.7. The van der Waals surface area contributed by atoms with E-state index >= 15 is 0 Å². The van der Waals surface area contributed by atoms with E-state index in [1.165, 1.54) is 42.7 Å². The van der Waals surface area contributed by atoms with Gasteiger partial charge in [-0.15, -0.1) is 0 Å². The van der Waals surface area contributed by atoms with Crippen molar-refractivity contribution in [1.82, 2.24) is 19.6 Å². The average molecular weight is 1690 g/mol. The molecule has 24 heteroatoms. The minimum atomic E-state index is -2.83. The van der Waals surface area contributed by atoms with Crippen LogP contribution in [0.2, 0.25) is 0 Å². The highest BCUT2D eigenvalue weighted by molar-refractivity contribution is 5.77. The number of piperidine rings is 4. The Labute approximate surface area is 744 Å². The molecule has 16 atom stereocenters. The number of methoxy groups -OCH3 is 8. The molecule has 0 amide bonds. The lowest BCUT2D eigenvalue weighted by molar-refractivity contribution is -0.161. The van der Waals surface area contributed by atoms with Gasteiger partial charge in [0.1, 0.15) is 48.6 Å². The summed E-state index contributed by atoms with van der Waals surface area (Å²) in [6.07, 6.45) is 3.58. The normalized spacial score (nSPS) is 29.7. The van der Waals surface area contributed by atoms with Crippen LogP contribution in [-0.2, 0) is 63.8 Å². The lowest BCUT2D eigenvalue weighted by Crippen LogP contribution is -2.51. The minimum Gasteiger partial charge on any atom is -0.493 e.